The highest BCUT2D eigenvalue weighted by Crippen LogP contribution is 2.28. The normalized spacial score (nSPS) is 12.2. The highest BCUT2D eigenvalue weighted by molar-refractivity contribution is 7.90. The van der Waals surface area contributed by atoms with Crippen LogP contribution in [0.2, 0.25) is 5.02 Å². The molecule has 4 aromatic carbocycles. The molecule has 0 aliphatic rings. The lowest BCUT2D eigenvalue weighted by Gasteiger charge is -2.14. The molecular weight excluding hydrogens is 616 g/mol. The highest BCUT2D eigenvalue weighted by atomic mass is 35.5. The highest BCUT2D eigenvalue weighted by Gasteiger charge is 2.25. The largest absolute Gasteiger partial charge is 0.609 e. The summed E-state index contributed by atoms with van der Waals surface area (Å²) in [6.45, 7) is 2.51. The molecule has 0 saturated heterocycles. The van der Waals surface area contributed by atoms with E-state index in [4.69, 9.17) is 11.6 Å². The van der Waals surface area contributed by atoms with Crippen molar-refractivity contribution in [2.24, 2.45) is 0 Å². The molecule has 0 radical (unpaired) electrons. The quantitative estimate of drug-likeness (QED) is 0.156. The number of rotatable bonds is 12. The van der Waals surface area contributed by atoms with Crippen molar-refractivity contribution in [3.05, 3.63) is 131 Å². The van der Waals surface area contributed by atoms with Gasteiger partial charge in [-0.15, -0.1) is 5.10 Å². The third-order valence-electron chi connectivity index (χ3n) is 7.01. The maximum Gasteiger partial charge on any atom is 0.343 e. The fourth-order valence-corrected chi connectivity index (χ4v) is 7.20. The summed E-state index contributed by atoms with van der Waals surface area (Å²) < 4.78 is 44.0. The molecule has 8 nitrogen and oxygen atoms in total. The predicted octanol–water partition coefficient (Wildman–Crippen LogP) is 6.42. The number of aromatic nitrogens is 3. The molecule has 0 spiro atoms. The fraction of sp³-hybridized carbons (Fsp3) is 0.182. The lowest BCUT2D eigenvalue weighted by molar-refractivity contribution is 0.0981. The molecule has 44 heavy (non-hydrogen) atoms. The van der Waals surface area contributed by atoms with Gasteiger partial charge in [0.15, 0.2) is 0 Å². The number of amides is 1. The first-order valence-corrected chi connectivity index (χ1v) is 17.3. The van der Waals surface area contributed by atoms with Crippen LogP contribution in [0, 0.1) is 0 Å². The summed E-state index contributed by atoms with van der Waals surface area (Å²) in [5.74, 6) is 0.350. The summed E-state index contributed by atoms with van der Waals surface area (Å²) in [5, 5.41) is 9.71. The summed E-state index contributed by atoms with van der Waals surface area (Å²) in [4.78, 5) is 12.6. The number of nitrogens with one attached hydrogen (secondary N) is 1. The minimum atomic E-state index is -4.16. The Kier molecular flexibility index (Phi) is 10.2. The van der Waals surface area contributed by atoms with Gasteiger partial charge in [0, 0.05) is 39.3 Å². The number of carbonyl (C=O) groups is 1. The standard InChI is InChI=1S/C33H31ClN4O4S2/c1-2-3-13-31-35-36-33(43(40)23-25-16-20-28(34)21-17-25)38(31)22-24-14-18-26(19-15-24)29-11-7-8-12-30(29)44(41,42)37-32(39)27-9-5-4-6-10-27/h4-12,14-21H,2-3,13,22-23H2,1H3,(H,37,39). The third-order valence-corrected chi connectivity index (χ3v) is 9.95. The second kappa shape index (κ2) is 14.2. The van der Waals surface area contributed by atoms with Gasteiger partial charge in [0.1, 0.15) is 11.6 Å². The Bertz CT molecular complexity index is 1830. The molecule has 1 N–H and O–H groups in total. The lowest BCUT2D eigenvalue weighted by atomic mass is 10.0. The van der Waals surface area contributed by atoms with E-state index in [1.807, 2.05) is 41.0 Å². The van der Waals surface area contributed by atoms with Crippen LogP contribution in [0.25, 0.3) is 11.1 Å². The monoisotopic (exact) mass is 646 g/mol. The van der Waals surface area contributed by atoms with Crippen molar-refractivity contribution >= 4 is 38.7 Å². The van der Waals surface area contributed by atoms with Crippen LogP contribution in [0.4, 0.5) is 0 Å². The minimum Gasteiger partial charge on any atom is -0.609 e. The van der Waals surface area contributed by atoms with Crippen LogP contribution in [-0.4, -0.2) is 33.6 Å². The SMILES string of the molecule is CCCCc1nnc([S+]([O-])Cc2ccc(Cl)cc2)n1Cc1ccc(-c2ccccc2S(=O)(=O)NC(=O)c2ccccc2)cc1. The van der Waals surface area contributed by atoms with E-state index in [2.05, 4.69) is 21.8 Å². The maximum absolute atomic E-state index is 13.4. The van der Waals surface area contributed by atoms with Gasteiger partial charge in [-0.25, -0.2) is 13.1 Å². The van der Waals surface area contributed by atoms with Crippen molar-refractivity contribution in [2.45, 2.75) is 48.5 Å². The zero-order chi connectivity index (χ0) is 31.1. The van der Waals surface area contributed by atoms with Crippen LogP contribution in [-0.2, 0) is 39.9 Å². The molecule has 0 saturated carbocycles. The molecule has 226 valence electrons. The van der Waals surface area contributed by atoms with Gasteiger partial charge in [-0.1, -0.05) is 103 Å². The van der Waals surface area contributed by atoms with E-state index >= 15 is 0 Å². The predicted molar refractivity (Wildman–Crippen MR) is 172 cm³/mol. The van der Waals surface area contributed by atoms with Crippen LogP contribution in [0.3, 0.4) is 0 Å². The fourth-order valence-electron chi connectivity index (χ4n) is 4.70. The van der Waals surface area contributed by atoms with Gasteiger partial charge in [-0.2, -0.15) is 0 Å². The van der Waals surface area contributed by atoms with Gasteiger partial charge in [-0.3, -0.25) is 9.36 Å². The number of benzene rings is 4. The summed E-state index contributed by atoms with van der Waals surface area (Å²) in [5.41, 5.74) is 3.18. The Morgan fingerprint density at radius 2 is 1.55 bits per heavy atom. The summed E-state index contributed by atoms with van der Waals surface area (Å²) >= 11 is 4.58. The van der Waals surface area contributed by atoms with Crippen molar-refractivity contribution in [3.63, 3.8) is 0 Å². The summed E-state index contributed by atoms with van der Waals surface area (Å²) in [6.07, 6.45) is 2.62. The van der Waals surface area contributed by atoms with Crippen LogP contribution < -0.4 is 4.72 Å². The van der Waals surface area contributed by atoms with Crippen molar-refractivity contribution in [3.8, 4) is 11.1 Å². The number of unbranched alkanes of at least 4 members (excludes halogenated alkanes) is 1. The van der Waals surface area contributed by atoms with Gasteiger partial charge in [0.25, 0.3) is 15.9 Å². The van der Waals surface area contributed by atoms with Gasteiger partial charge in [0.05, 0.1) is 11.4 Å². The molecule has 1 unspecified atom stereocenters. The molecular formula is C33H31ClN4O4S2. The summed E-state index contributed by atoms with van der Waals surface area (Å²) in [6, 6.07) is 29.5. The third kappa shape index (κ3) is 7.57. The molecule has 0 aliphatic heterocycles. The molecule has 1 heterocycles. The molecule has 1 aromatic heterocycles. The van der Waals surface area contributed by atoms with E-state index in [1.165, 1.54) is 6.07 Å². The Morgan fingerprint density at radius 1 is 0.886 bits per heavy atom. The maximum atomic E-state index is 13.4. The first-order chi connectivity index (χ1) is 21.2. The van der Waals surface area contributed by atoms with E-state index in [0.717, 1.165) is 29.8 Å². The number of halogens is 1. The second-order valence-electron chi connectivity index (χ2n) is 10.2. The molecule has 5 rings (SSSR count). The van der Waals surface area contributed by atoms with Crippen LogP contribution in [0.1, 0.15) is 47.1 Å². The van der Waals surface area contributed by atoms with E-state index in [1.54, 1.807) is 60.7 Å². The Hall–Kier alpha value is -3.96. The first kappa shape index (κ1) is 31.5. The van der Waals surface area contributed by atoms with Crippen molar-refractivity contribution in [2.75, 3.05) is 0 Å². The zero-order valence-electron chi connectivity index (χ0n) is 24.0. The molecule has 5 aromatic rings. The van der Waals surface area contributed by atoms with Crippen LogP contribution in [0.5, 0.6) is 0 Å². The molecule has 11 heteroatoms. The van der Waals surface area contributed by atoms with E-state index in [0.29, 0.717) is 34.3 Å². The molecule has 0 aliphatic carbocycles. The summed E-state index contributed by atoms with van der Waals surface area (Å²) in [7, 11) is -4.16. The van der Waals surface area contributed by atoms with Gasteiger partial charge in [0.2, 0.25) is 0 Å². The van der Waals surface area contributed by atoms with Crippen molar-refractivity contribution in [1.82, 2.24) is 19.5 Å². The number of hydrogen-bond donors (Lipinski definition) is 1. The number of nitrogens with zero attached hydrogens (tertiary/aromatic N) is 3. The Balaban J connectivity index is 1.38. The van der Waals surface area contributed by atoms with Gasteiger partial charge >= 0.3 is 5.16 Å². The zero-order valence-corrected chi connectivity index (χ0v) is 26.4. The smallest absolute Gasteiger partial charge is 0.343 e. The molecule has 1 atom stereocenters. The van der Waals surface area contributed by atoms with E-state index in [-0.39, 0.29) is 16.2 Å². The number of hydrogen-bond acceptors (Lipinski definition) is 6. The second-order valence-corrected chi connectivity index (χ2v) is 13.6. The molecule has 1 amide bonds. The van der Waals surface area contributed by atoms with Crippen LogP contribution >= 0.6 is 11.6 Å². The number of sulfonamides is 1. The van der Waals surface area contributed by atoms with Crippen LogP contribution in [0.15, 0.2) is 113 Å². The Morgan fingerprint density at radius 3 is 2.25 bits per heavy atom. The first-order valence-electron chi connectivity index (χ1n) is 14.1. The van der Waals surface area contributed by atoms with E-state index < -0.39 is 27.1 Å². The topological polar surface area (TPSA) is 117 Å². The van der Waals surface area contributed by atoms with Gasteiger partial charge < -0.3 is 4.55 Å². The lowest BCUT2D eigenvalue weighted by Crippen LogP contribution is -2.30. The average molecular weight is 647 g/mol. The van der Waals surface area contributed by atoms with Crippen molar-refractivity contribution in [1.29, 1.82) is 0 Å². The minimum absolute atomic E-state index is 0.00225. The number of carbonyl (C=O) groups excluding carboxylic acids is 1. The Labute approximate surface area is 265 Å². The van der Waals surface area contributed by atoms with Crippen molar-refractivity contribution < 1.29 is 17.8 Å². The van der Waals surface area contributed by atoms with Gasteiger partial charge in [-0.05, 0) is 47.9 Å². The number of aryl methyl sites for hydroxylation is 1. The molecule has 0 fully saturated rings. The van der Waals surface area contributed by atoms with E-state index in [9.17, 15) is 17.8 Å². The molecule has 0 bridgehead atoms. The average Bonchev–Trinajstić information content (AvgIpc) is 3.44.